The van der Waals surface area contributed by atoms with Crippen LogP contribution in [0.5, 0.6) is 0 Å². The molecule has 1 heterocycles. The van der Waals surface area contributed by atoms with Crippen molar-refractivity contribution in [1.82, 2.24) is 4.90 Å². The van der Waals surface area contributed by atoms with Gasteiger partial charge < -0.3 is 5.73 Å². The van der Waals surface area contributed by atoms with Gasteiger partial charge in [-0.3, -0.25) is 4.90 Å². The molecule has 0 unspecified atom stereocenters. The third-order valence-electron chi connectivity index (χ3n) is 2.80. The summed E-state index contributed by atoms with van der Waals surface area (Å²) < 4.78 is 0. The first-order chi connectivity index (χ1) is 6.22. The van der Waals surface area contributed by atoms with Crippen molar-refractivity contribution < 1.29 is 0 Å². The Morgan fingerprint density at radius 1 is 1.38 bits per heavy atom. The van der Waals surface area contributed by atoms with Gasteiger partial charge in [0.25, 0.3) is 0 Å². The Balaban J connectivity index is 2.21. The molecule has 76 valence electrons. The number of hydrogen-bond acceptors (Lipinski definition) is 2. The Morgan fingerprint density at radius 2 is 2.00 bits per heavy atom. The van der Waals surface area contributed by atoms with Crippen LogP contribution in [-0.2, 0) is 0 Å². The van der Waals surface area contributed by atoms with Crippen molar-refractivity contribution in [3.05, 3.63) is 11.6 Å². The molecule has 0 radical (unpaired) electrons. The van der Waals surface area contributed by atoms with Gasteiger partial charge in [0, 0.05) is 6.54 Å². The molecule has 0 saturated carbocycles. The molecule has 2 heteroatoms. The van der Waals surface area contributed by atoms with E-state index in [4.69, 9.17) is 5.73 Å². The van der Waals surface area contributed by atoms with E-state index >= 15 is 0 Å². The van der Waals surface area contributed by atoms with E-state index in [0.717, 1.165) is 19.0 Å². The first kappa shape index (κ1) is 10.7. The highest BCUT2D eigenvalue weighted by molar-refractivity contribution is 4.95. The van der Waals surface area contributed by atoms with E-state index in [1.165, 1.54) is 31.5 Å². The van der Waals surface area contributed by atoms with Crippen LogP contribution in [0.15, 0.2) is 11.6 Å². The molecule has 1 rings (SSSR count). The van der Waals surface area contributed by atoms with Crippen molar-refractivity contribution in [2.45, 2.75) is 26.7 Å². The molecule has 0 amide bonds. The fourth-order valence-corrected chi connectivity index (χ4v) is 1.72. The molecule has 0 aliphatic carbocycles. The van der Waals surface area contributed by atoms with Gasteiger partial charge in [-0.2, -0.15) is 0 Å². The second-order valence-electron chi connectivity index (χ2n) is 4.26. The average molecular weight is 182 g/mol. The van der Waals surface area contributed by atoms with Crippen LogP contribution in [-0.4, -0.2) is 31.1 Å². The summed E-state index contributed by atoms with van der Waals surface area (Å²) in [4.78, 5) is 2.51. The van der Waals surface area contributed by atoms with Gasteiger partial charge in [-0.15, -0.1) is 0 Å². The van der Waals surface area contributed by atoms with Gasteiger partial charge in [-0.1, -0.05) is 11.6 Å². The standard InChI is InChI=1S/C11H22N2/c1-10(2)3-6-13-7-4-11(9-12)5-8-13/h3,11H,4-9,12H2,1-2H3. The lowest BCUT2D eigenvalue weighted by Gasteiger charge is -2.30. The summed E-state index contributed by atoms with van der Waals surface area (Å²) in [5.41, 5.74) is 7.06. The SMILES string of the molecule is CC(C)=CCN1CCC(CN)CC1. The number of nitrogens with two attached hydrogens (primary N) is 1. The maximum absolute atomic E-state index is 5.64. The number of likely N-dealkylation sites (tertiary alicyclic amines) is 1. The van der Waals surface area contributed by atoms with E-state index in [1.54, 1.807) is 0 Å². The van der Waals surface area contributed by atoms with Crippen LogP contribution in [0.2, 0.25) is 0 Å². The molecular weight excluding hydrogens is 160 g/mol. The Labute approximate surface area is 81.8 Å². The van der Waals surface area contributed by atoms with Crippen LogP contribution in [0.4, 0.5) is 0 Å². The van der Waals surface area contributed by atoms with Crippen LogP contribution < -0.4 is 5.73 Å². The molecule has 13 heavy (non-hydrogen) atoms. The number of piperidine rings is 1. The number of rotatable bonds is 3. The van der Waals surface area contributed by atoms with Gasteiger partial charge in [0.05, 0.1) is 0 Å². The maximum atomic E-state index is 5.64. The predicted molar refractivity (Wildman–Crippen MR) is 57.6 cm³/mol. The van der Waals surface area contributed by atoms with Crippen LogP contribution in [0.1, 0.15) is 26.7 Å². The molecule has 1 aliphatic heterocycles. The van der Waals surface area contributed by atoms with E-state index in [0.29, 0.717) is 0 Å². The molecule has 0 spiro atoms. The third-order valence-corrected chi connectivity index (χ3v) is 2.80. The smallest absolute Gasteiger partial charge is 0.0165 e. The van der Waals surface area contributed by atoms with E-state index < -0.39 is 0 Å². The van der Waals surface area contributed by atoms with Crippen molar-refractivity contribution in [3.8, 4) is 0 Å². The highest BCUT2D eigenvalue weighted by Crippen LogP contribution is 2.15. The van der Waals surface area contributed by atoms with Crippen LogP contribution in [0.25, 0.3) is 0 Å². The van der Waals surface area contributed by atoms with Crippen LogP contribution in [0.3, 0.4) is 0 Å². The minimum absolute atomic E-state index is 0.781. The summed E-state index contributed by atoms with van der Waals surface area (Å²) in [5, 5.41) is 0. The van der Waals surface area contributed by atoms with Crippen molar-refractivity contribution in [2.24, 2.45) is 11.7 Å². The van der Waals surface area contributed by atoms with Gasteiger partial charge in [-0.25, -0.2) is 0 Å². The van der Waals surface area contributed by atoms with Crippen LogP contribution in [0, 0.1) is 5.92 Å². The minimum atomic E-state index is 0.781. The first-order valence-corrected chi connectivity index (χ1v) is 5.28. The summed E-state index contributed by atoms with van der Waals surface area (Å²) in [5.74, 6) is 0.781. The largest absolute Gasteiger partial charge is 0.330 e. The highest BCUT2D eigenvalue weighted by atomic mass is 15.1. The number of nitrogens with zero attached hydrogens (tertiary/aromatic N) is 1. The molecule has 0 atom stereocenters. The Hall–Kier alpha value is -0.340. The van der Waals surface area contributed by atoms with Crippen molar-refractivity contribution >= 4 is 0 Å². The average Bonchev–Trinajstić information content (AvgIpc) is 2.15. The zero-order valence-corrected chi connectivity index (χ0v) is 8.92. The van der Waals surface area contributed by atoms with Crippen LogP contribution >= 0.6 is 0 Å². The number of hydrogen-bond donors (Lipinski definition) is 1. The van der Waals surface area contributed by atoms with Crippen molar-refractivity contribution in [1.29, 1.82) is 0 Å². The molecule has 0 aromatic rings. The predicted octanol–water partition coefficient (Wildman–Crippen LogP) is 1.62. The lowest BCUT2D eigenvalue weighted by molar-refractivity contribution is 0.204. The zero-order valence-electron chi connectivity index (χ0n) is 8.92. The molecule has 1 aliphatic rings. The zero-order chi connectivity index (χ0) is 9.68. The Bertz CT molecular complexity index is 163. The van der Waals surface area contributed by atoms with Gasteiger partial charge in [-0.05, 0) is 52.2 Å². The molecule has 0 aromatic heterocycles. The summed E-state index contributed by atoms with van der Waals surface area (Å²) in [6.45, 7) is 8.77. The lowest BCUT2D eigenvalue weighted by Crippen LogP contribution is -2.36. The molecule has 2 N–H and O–H groups in total. The van der Waals surface area contributed by atoms with E-state index in [-0.39, 0.29) is 0 Å². The normalized spacial score (nSPS) is 20.2. The Kier molecular flexibility index (Phi) is 4.46. The summed E-state index contributed by atoms with van der Waals surface area (Å²) in [6, 6.07) is 0. The molecule has 1 saturated heterocycles. The maximum Gasteiger partial charge on any atom is 0.0165 e. The summed E-state index contributed by atoms with van der Waals surface area (Å²) in [6.07, 6.45) is 4.88. The van der Waals surface area contributed by atoms with Gasteiger partial charge >= 0.3 is 0 Å². The molecule has 1 fully saturated rings. The summed E-state index contributed by atoms with van der Waals surface area (Å²) >= 11 is 0. The fraction of sp³-hybridized carbons (Fsp3) is 0.818. The van der Waals surface area contributed by atoms with Gasteiger partial charge in [0.15, 0.2) is 0 Å². The summed E-state index contributed by atoms with van der Waals surface area (Å²) in [7, 11) is 0. The third kappa shape index (κ3) is 3.92. The van der Waals surface area contributed by atoms with Crippen molar-refractivity contribution in [3.63, 3.8) is 0 Å². The quantitative estimate of drug-likeness (QED) is 0.672. The van der Waals surface area contributed by atoms with Gasteiger partial charge in [0.2, 0.25) is 0 Å². The molecule has 0 aromatic carbocycles. The van der Waals surface area contributed by atoms with E-state index in [2.05, 4.69) is 24.8 Å². The lowest BCUT2D eigenvalue weighted by atomic mass is 9.97. The number of allylic oxidation sites excluding steroid dienone is 1. The van der Waals surface area contributed by atoms with Gasteiger partial charge in [0.1, 0.15) is 0 Å². The topological polar surface area (TPSA) is 29.3 Å². The second kappa shape index (κ2) is 5.40. The van der Waals surface area contributed by atoms with Crippen molar-refractivity contribution in [2.75, 3.05) is 26.2 Å². The van der Waals surface area contributed by atoms with E-state index in [9.17, 15) is 0 Å². The molecular formula is C11H22N2. The highest BCUT2D eigenvalue weighted by Gasteiger charge is 2.16. The fourth-order valence-electron chi connectivity index (χ4n) is 1.72. The Morgan fingerprint density at radius 3 is 2.46 bits per heavy atom. The molecule has 0 bridgehead atoms. The molecule has 2 nitrogen and oxygen atoms in total. The first-order valence-electron chi connectivity index (χ1n) is 5.28. The monoisotopic (exact) mass is 182 g/mol. The second-order valence-corrected chi connectivity index (χ2v) is 4.26. The van der Waals surface area contributed by atoms with E-state index in [1.807, 2.05) is 0 Å². The minimum Gasteiger partial charge on any atom is -0.330 e.